The maximum Gasteiger partial charge on any atom is 0.326 e. The predicted octanol–water partition coefficient (Wildman–Crippen LogP) is -1.20. The van der Waals surface area contributed by atoms with Crippen LogP contribution in [0.2, 0.25) is 0 Å². The first-order valence-electron chi connectivity index (χ1n) is 15.1. The van der Waals surface area contributed by atoms with Gasteiger partial charge in [0.15, 0.2) is 0 Å². The van der Waals surface area contributed by atoms with Crippen LogP contribution in [0.5, 0.6) is 5.75 Å². The zero-order valence-electron chi connectivity index (χ0n) is 26.6. The van der Waals surface area contributed by atoms with Crippen molar-refractivity contribution in [3.63, 3.8) is 0 Å². The van der Waals surface area contributed by atoms with E-state index in [1.165, 1.54) is 12.1 Å². The number of carboxylic acid groups (broad SMARTS) is 2. The molecule has 0 aliphatic rings. The van der Waals surface area contributed by atoms with E-state index >= 15 is 0 Å². The van der Waals surface area contributed by atoms with Gasteiger partial charge in [0, 0.05) is 6.42 Å². The van der Waals surface area contributed by atoms with Crippen molar-refractivity contribution in [2.45, 2.75) is 63.7 Å². The summed E-state index contributed by atoms with van der Waals surface area (Å²) in [6.45, 7) is 2.49. The van der Waals surface area contributed by atoms with Crippen molar-refractivity contribution < 1.29 is 48.9 Å². The summed E-state index contributed by atoms with van der Waals surface area (Å²) in [5.41, 5.74) is 7.25. The Bertz CT molecular complexity index is 1430. The molecule has 260 valence electrons. The highest BCUT2D eigenvalue weighted by molar-refractivity contribution is 5.95. The van der Waals surface area contributed by atoms with Gasteiger partial charge in [-0.3, -0.25) is 28.8 Å². The molecule has 16 heteroatoms. The van der Waals surface area contributed by atoms with Crippen molar-refractivity contribution in [1.29, 1.82) is 0 Å². The van der Waals surface area contributed by atoms with Gasteiger partial charge in [-0.25, -0.2) is 4.79 Å². The molecule has 4 atom stereocenters. The molecule has 0 heterocycles. The minimum absolute atomic E-state index is 0.00583. The van der Waals surface area contributed by atoms with Crippen LogP contribution in [-0.4, -0.2) is 94.1 Å². The van der Waals surface area contributed by atoms with Gasteiger partial charge in [0.2, 0.25) is 29.5 Å². The van der Waals surface area contributed by atoms with Crippen LogP contribution in [0, 0.1) is 5.92 Å². The second kappa shape index (κ2) is 19.2. The van der Waals surface area contributed by atoms with Gasteiger partial charge in [-0.05, 0) is 42.0 Å². The fourth-order valence-electron chi connectivity index (χ4n) is 4.45. The minimum atomic E-state index is -1.73. The molecular formula is C32H42N6O10. The van der Waals surface area contributed by atoms with Crippen LogP contribution in [0.4, 0.5) is 0 Å². The van der Waals surface area contributed by atoms with E-state index < -0.39 is 85.2 Å². The molecule has 5 amide bonds. The van der Waals surface area contributed by atoms with Crippen molar-refractivity contribution in [1.82, 2.24) is 26.6 Å². The molecule has 2 aromatic rings. The Morgan fingerprint density at radius 1 is 0.667 bits per heavy atom. The number of aromatic hydroxyl groups is 1. The summed E-state index contributed by atoms with van der Waals surface area (Å²) >= 11 is 0. The van der Waals surface area contributed by atoms with Gasteiger partial charge in [0.05, 0.1) is 25.6 Å². The molecule has 0 radical (unpaired) electrons. The molecule has 0 unspecified atom stereocenters. The van der Waals surface area contributed by atoms with Crippen molar-refractivity contribution in [3.05, 3.63) is 65.7 Å². The summed E-state index contributed by atoms with van der Waals surface area (Å²) in [5, 5.41) is 39.6. The number of hydrogen-bond donors (Lipinski definition) is 9. The Hall–Kier alpha value is -5.51. The monoisotopic (exact) mass is 670 g/mol. The van der Waals surface area contributed by atoms with Crippen LogP contribution in [0.15, 0.2) is 54.6 Å². The van der Waals surface area contributed by atoms with E-state index in [0.29, 0.717) is 11.1 Å². The van der Waals surface area contributed by atoms with Crippen LogP contribution in [0.25, 0.3) is 0 Å². The van der Waals surface area contributed by atoms with E-state index in [9.17, 15) is 43.8 Å². The summed E-state index contributed by atoms with van der Waals surface area (Å²) in [4.78, 5) is 86.4. The number of carbonyl (C=O) groups excluding carboxylic acids is 5. The third kappa shape index (κ3) is 14.3. The third-order valence-electron chi connectivity index (χ3n) is 6.87. The largest absolute Gasteiger partial charge is 0.508 e. The van der Waals surface area contributed by atoms with E-state index in [1.54, 1.807) is 56.3 Å². The average molecular weight is 671 g/mol. The highest BCUT2D eigenvalue weighted by Gasteiger charge is 2.31. The molecule has 10 N–H and O–H groups in total. The lowest BCUT2D eigenvalue weighted by molar-refractivity contribution is -0.147. The van der Waals surface area contributed by atoms with Crippen LogP contribution >= 0.6 is 0 Å². The Morgan fingerprint density at radius 2 is 1.23 bits per heavy atom. The summed E-state index contributed by atoms with van der Waals surface area (Å²) in [7, 11) is 0. The molecular weight excluding hydrogens is 628 g/mol. The quantitative estimate of drug-likeness (QED) is 0.0856. The van der Waals surface area contributed by atoms with Gasteiger partial charge in [-0.1, -0.05) is 56.3 Å². The van der Waals surface area contributed by atoms with Gasteiger partial charge in [0.1, 0.15) is 23.9 Å². The molecule has 0 fully saturated rings. The highest BCUT2D eigenvalue weighted by Crippen LogP contribution is 2.11. The van der Waals surface area contributed by atoms with Crippen LogP contribution in [-0.2, 0) is 46.4 Å². The lowest BCUT2D eigenvalue weighted by atomic mass is 10.0. The van der Waals surface area contributed by atoms with Gasteiger partial charge in [0.25, 0.3) is 0 Å². The lowest BCUT2D eigenvalue weighted by Crippen LogP contribution is -2.57. The Morgan fingerprint density at radius 3 is 1.81 bits per heavy atom. The summed E-state index contributed by atoms with van der Waals surface area (Å²) in [6.07, 6.45) is -0.654. The first kappa shape index (κ1) is 38.7. The van der Waals surface area contributed by atoms with E-state index in [0.717, 1.165) is 0 Å². The van der Waals surface area contributed by atoms with Crippen molar-refractivity contribution in [2.24, 2.45) is 11.7 Å². The number of aliphatic carboxylic acids is 2. The average Bonchev–Trinajstić information content (AvgIpc) is 3.02. The Balaban J connectivity index is 2.02. The molecule has 0 spiro atoms. The molecule has 0 aromatic heterocycles. The number of carboxylic acids is 2. The zero-order chi connectivity index (χ0) is 35.8. The molecule has 2 aromatic carbocycles. The third-order valence-corrected chi connectivity index (χ3v) is 6.87. The van der Waals surface area contributed by atoms with Gasteiger partial charge >= 0.3 is 11.9 Å². The molecule has 0 bridgehead atoms. The van der Waals surface area contributed by atoms with E-state index in [1.807, 2.05) is 0 Å². The number of nitrogens with two attached hydrogens (primary N) is 1. The van der Waals surface area contributed by atoms with Crippen molar-refractivity contribution in [2.75, 3.05) is 13.1 Å². The van der Waals surface area contributed by atoms with Crippen LogP contribution in [0.3, 0.4) is 0 Å². The smallest absolute Gasteiger partial charge is 0.326 e. The van der Waals surface area contributed by atoms with Crippen LogP contribution < -0.4 is 32.3 Å². The Kier molecular flexibility index (Phi) is 15.5. The standard InChI is InChI=1S/C32H42N6O10/c1-18(2)12-23(30(45)38-25(32(47)48)15-28(42)43)37-31(46)24(14-19-6-4-3-5-7-19)36-27(41)17-34-26(40)16-35-29(44)22(33)13-20-8-10-21(39)11-9-20/h3-11,18,22-25,39H,12-17,33H2,1-2H3,(H,34,40)(H,35,44)(H,36,41)(H,37,46)(H,38,45)(H,42,43)(H,47,48)/t22-,23-,24-,25-/m0/s1. The van der Waals surface area contributed by atoms with Crippen molar-refractivity contribution in [3.8, 4) is 5.75 Å². The molecule has 2 rings (SSSR count). The van der Waals surface area contributed by atoms with Gasteiger partial charge in [-0.15, -0.1) is 0 Å². The molecule has 0 aliphatic heterocycles. The lowest BCUT2D eigenvalue weighted by Gasteiger charge is -2.25. The molecule has 16 nitrogen and oxygen atoms in total. The van der Waals surface area contributed by atoms with E-state index in [-0.39, 0.29) is 30.9 Å². The number of amides is 5. The fourth-order valence-corrected chi connectivity index (χ4v) is 4.45. The molecule has 0 saturated heterocycles. The van der Waals surface area contributed by atoms with Crippen LogP contribution in [0.1, 0.15) is 37.8 Å². The zero-order valence-corrected chi connectivity index (χ0v) is 26.6. The normalized spacial score (nSPS) is 13.2. The number of nitrogens with one attached hydrogen (secondary N) is 5. The summed E-state index contributed by atoms with van der Waals surface area (Å²) in [6, 6.07) is 9.55. The van der Waals surface area contributed by atoms with E-state index in [4.69, 9.17) is 10.8 Å². The second-order valence-electron chi connectivity index (χ2n) is 11.5. The topological polar surface area (TPSA) is 266 Å². The first-order valence-corrected chi connectivity index (χ1v) is 15.1. The molecule has 48 heavy (non-hydrogen) atoms. The minimum Gasteiger partial charge on any atom is -0.508 e. The SMILES string of the molecule is CC(C)C[C@H](NC(=O)[C@H](Cc1ccccc1)NC(=O)CNC(=O)CNC(=O)[C@@H](N)Cc1ccc(O)cc1)C(=O)N[C@@H](CC(=O)O)C(=O)O. The summed E-state index contributed by atoms with van der Waals surface area (Å²) < 4.78 is 0. The van der Waals surface area contributed by atoms with Gasteiger partial charge in [-0.2, -0.15) is 0 Å². The maximum atomic E-state index is 13.4. The number of phenolic OH excluding ortho intramolecular Hbond substituents is 1. The first-order chi connectivity index (χ1) is 22.6. The second-order valence-corrected chi connectivity index (χ2v) is 11.5. The van der Waals surface area contributed by atoms with E-state index in [2.05, 4.69) is 26.6 Å². The van der Waals surface area contributed by atoms with Crippen molar-refractivity contribution >= 4 is 41.5 Å². The highest BCUT2D eigenvalue weighted by atomic mass is 16.4. The van der Waals surface area contributed by atoms with Gasteiger partial charge < -0.3 is 47.6 Å². The maximum absolute atomic E-state index is 13.4. The summed E-state index contributed by atoms with van der Waals surface area (Å²) in [5.74, 6) is -6.85. The number of phenols is 1. The number of rotatable bonds is 19. The Labute approximate surface area is 276 Å². The molecule has 0 saturated carbocycles. The number of benzene rings is 2. The molecule has 0 aliphatic carbocycles. The number of hydrogen-bond acceptors (Lipinski definition) is 9. The fraction of sp³-hybridized carbons (Fsp3) is 0.406. The predicted molar refractivity (Wildman–Crippen MR) is 171 cm³/mol. The number of carbonyl (C=O) groups is 7.